The van der Waals surface area contributed by atoms with Crippen molar-refractivity contribution in [3.63, 3.8) is 0 Å². The van der Waals surface area contributed by atoms with Crippen LogP contribution in [0.3, 0.4) is 0 Å². The first-order valence-electron chi connectivity index (χ1n) is 5.20. The molecule has 0 spiro atoms. The van der Waals surface area contributed by atoms with Gasteiger partial charge in [0, 0.05) is 11.1 Å². The van der Waals surface area contributed by atoms with Crippen LogP contribution in [-0.2, 0) is 6.54 Å². The first kappa shape index (κ1) is 12.3. The average Bonchev–Trinajstić information content (AvgIpc) is 2.74. The lowest BCUT2D eigenvalue weighted by Gasteiger charge is -2.06. The van der Waals surface area contributed by atoms with E-state index in [2.05, 4.69) is 15.3 Å². The Labute approximate surface area is 108 Å². The van der Waals surface area contributed by atoms with Gasteiger partial charge in [-0.15, -0.1) is 11.3 Å². The molecule has 18 heavy (non-hydrogen) atoms. The molecular formula is C11H12N4O2S. The Bertz CT molecular complexity index is 582. The van der Waals surface area contributed by atoms with Crippen molar-refractivity contribution >= 4 is 28.8 Å². The number of aryl methyl sites for hydroxylation is 1. The molecule has 2 aromatic rings. The zero-order valence-corrected chi connectivity index (χ0v) is 10.5. The van der Waals surface area contributed by atoms with E-state index in [9.17, 15) is 4.79 Å². The fourth-order valence-electron chi connectivity index (χ4n) is 1.41. The maximum atomic E-state index is 10.9. The molecule has 0 unspecified atom stereocenters. The van der Waals surface area contributed by atoms with Gasteiger partial charge in [0.2, 0.25) is 0 Å². The van der Waals surface area contributed by atoms with Crippen molar-refractivity contribution in [3.05, 3.63) is 33.9 Å². The third-order valence-corrected chi connectivity index (χ3v) is 3.19. The van der Waals surface area contributed by atoms with Crippen molar-refractivity contribution in [2.24, 2.45) is 0 Å². The van der Waals surface area contributed by atoms with Crippen LogP contribution in [0, 0.1) is 6.92 Å². The number of nitrogens with two attached hydrogens (primary N) is 1. The summed E-state index contributed by atoms with van der Waals surface area (Å²) < 4.78 is 0. The van der Waals surface area contributed by atoms with E-state index in [1.807, 2.05) is 6.92 Å². The summed E-state index contributed by atoms with van der Waals surface area (Å²) in [5, 5.41) is 13.0. The first-order chi connectivity index (χ1) is 8.56. The minimum absolute atomic E-state index is 0.0491. The van der Waals surface area contributed by atoms with Crippen LogP contribution < -0.4 is 11.1 Å². The highest BCUT2D eigenvalue weighted by Gasteiger charge is 2.09. The van der Waals surface area contributed by atoms with E-state index in [1.54, 1.807) is 17.5 Å². The molecule has 6 nitrogen and oxygen atoms in total. The average molecular weight is 264 g/mol. The Morgan fingerprint density at radius 3 is 2.89 bits per heavy atom. The van der Waals surface area contributed by atoms with Crippen molar-refractivity contribution in [3.8, 4) is 0 Å². The summed E-state index contributed by atoms with van der Waals surface area (Å²) in [5.74, 6) is -0.584. The molecule has 0 saturated heterocycles. The van der Waals surface area contributed by atoms with Crippen molar-refractivity contribution < 1.29 is 9.90 Å². The number of aromatic carboxylic acids is 1. The number of anilines is 2. The Kier molecular flexibility index (Phi) is 3.42. The van der Waals surface area contributed by atoms with Gasteiger partial charge in [0.25, 0.3) is 0 Å². The molecule has 0 radical (unpaired) electrons. The minimum Gasteiger partial charge on any atom is -0.478 e. The lowest BCUT2D eigenvalue weighted by molar-refractivity contribution is 0.0698. The second kappa shape index (κ2) is 5.01. The predicted octanol–water partition coefficient (Wildman–Crippen LogP) is 1.74. The van der Waals surface area contributed by atoms with Gasteiger partial charge in [-0.3, -0.25) is 0 Å². The van der Waals surface area contributed by atoms with Gasteiger partial charge in [0.05, 0.1) is 29.0 Å². The van der Waals surface area contributed by atoms with E-state index in [0.717, 1.165) is 9.88 Å². The molecule has 0 atom stereocenters. The first-order valence-corrected chi connectivity index (χ1v) is 6.02. The number of aromatic nitrogens is 2. The van der Waals surface area contributed by atoms with E-state index in [1.165, 1.54) is 12.3 Å². The normalized spacial score (nSPS) is 10.3. The molecule has 0 aliphatic carbocycles. The molecule has 0 bridgehead atoms. The number of rotatable bonds is 4. The molecule has 0 amide bonds. The number of hydrogen-bond donors (Lipinski definition) is 3. The van der Waals surface area contributed by atoms with Crippen LogP contribution in [0.5, 0.6) is 0 Å². The summed E-state index contributed by atoms with van der Waals surface area (Å²) in [6, 6.07) is 1.42. The molecule has 2 rings (SSSR count). The highest BCUT2D eigenvalue weighted by molar-refractivity contribution is 7.11. The van der Waals surface area contributed by atoms with Gasteiger partial charge >= 0.3 is 5.97 Å². The molecule has 0 aromatic carbocycles. The van der Waals surface area contributed by atoms with E-state index in [4.69, 9.17) is 10.8 Å². The lowest BCUT2D eigenvalue weighted by atomic mass is 10.2. The number of pyridine rings is 1. The van der Waals surface area contributed by atoms with Crippen LogP contribution in [0.4, 0.5) is 11.5 Å². The molecule has 94 valence electrons. The van der Waals surface area contributed by atoms with Crippen molar-refractivity contribution in [1.82, 2.24) is 9.97 Å². The van der Waals surface area contributed by atoms with E-state index in [-0.39, 0.29) is 11.3 Å². The SMILES string of the molecule is Cc1ncc(CNc2cc(C(=O)O)c(N)cn2)s1. The standard InChI is InChI=1S/C11H12N4O2S/c1-6-13-3-7(18-6)4-14-10-2-8(11(16)17)9(12)5-15-10/h2-3,5H,4,12H2,1H3,(H,14,15)(H,16,17). The third kappa shape index (κ3) is 2.75. The lowest BCUT2D eigenvalue weighted by Crippen LogP contribution is -2.06. The van der Waals surface area contributed by atoms with Gasteiger partial charge in [-0.05, 0) is 13.0 Å². The second-order valence-electron chi connectivity index (χ2n) is 3.66. The topological polar surface area (TPSA) is 101 Å². The fraction of sp³-hybridized carbons (Fsp3) is 0.182. The second-order valence-corrected chi connectivity index (χ2v) is 4.98. The Morgan fingerprint density at radius 2 is 2.28 bits per heavy atom. The summed E-state index contributed by atoms with van der Waals surface area (Å²) in [6.07, 6.45) is 3.12. The number of thiazole rings is 1. The van der Waals surface area contributed by atoms with Gasteiger partial charge in [0.15, 0.2) is 0 Å². The Morgan fingerprint density at radius 1 is 1.50 bits per heavy atom. The number of carboxylic acid groups (broad SMARTS) is 1. The fourth-order valence-corrected chi connectivity index (χ4v) is 2.15. The van der Waals surface area contributed by atoms with Gasteiger partial charge < -0.3 is 16.2 Å². The number of nitrogen functional groups attached to an aromatic ring is 1. The largest absolute Gasteiger partial charge is 0.478 e. The quantitative estimate of drug-likeness (QED) is 0.777. The third-order valence-electron chi connectivity index (χ3n) is 2.28. The monoisotopic (exact) mass is 264 g/mol. The molecule has 0 saturated carbocycles. The highest BCUT2D eigenvalue weighted by Crippen LogP contribution is 2.17. The molecule has 0 fully saturated rings. The number of hydrogen-bond acceptors (Lipinski definition) is 6. The Hall–Kier alpha value is -2.15. The van der Waals surface area contributed by atoms with E-state index < -0.39 is 5.97 Å². The number of carbonyl (C=O) groups is 1. The zero-order valence-electron chi connectivity index (χ0n) is 9.67. The molecule has 2 heterocycles. The zero-order chi connectivity index (χ0) is 13.1. The van der Waals surface area contributed by atoms with Gasteiger partial charge in [-0.25, -0.2) is 14.8 Å². The van der Waals surface area contributed by atoms with E-state index >= 15 is 0 Å². The molecular weight excluding hydrogens is 252 g/mol. The smallest absolute Gasteiger partial charge is 0.337 e. The minimum atomic E-state index is -1.06. The van der Waals surface area contributed by atoms with Crippen molar-refractivity contribution in [2.45, 2.75) is 13.5 Å². The maximum Gasteiger partial charge on any atom is 0.337 e. The highest BCUT2D eigenvalue weighted by atomic mass is 32.1. The van der Waals surface area contributed by atoms with Crippen LogP contribution in [-0.4, -0.2) is 21.0 Å². The van der Waals surface area contributed by atoms with Crippen LogP contribution in [0.15, 0.2) is 18.5 Å². The summed E-state index contributed by atoms with van der Waals surface area (Å²) in [4.78, 5) is 20.1. The van der Waals surface area contributed by atoms with Crippen LogP contribution >= 0.6 is 11.3 Å². The molecule has 7 heteroatoms. The van der Waals surface area contributed by atoms with Crippen molar-refractivity contribution in [2.75, 3.05) is 11.1 Å². The summed E-state index contributed by atoms with van der Waals surface area (Å²) in [5.41, 5.74) is 5.73. The Balaban J connectivity index is 2.10. The van der Waals surface area contributed by atoms with Crippen LogP contribution in [0.2, 0.25) is 0 Å². The molecule has 0 aliphatic heterocycles. The van der Waals surface area contributed by atoms with Gasteiger partial charge in [0.1, 0.15) is 5.82 Å². The number of carboxylic acids is 1. The van der Waals surface area contributed by atoms with E-state index in [0.29, 0.717) is 12.4 Å². The van der Waals surface area contributed by atoms with Crippen LogP contribution in [0.1, 0.15) is 20.2 Å². The predicted molar refractivity (Wildman–Crippen MR) is 69.8 cm³/mol. The molecule has 4 N–H and O–H groups in total. The summed E-state index contributed by atoms with van der Waals surface area (Å²) in [7, 11) is 0. The maximum absolute atomic E-state index is 10.9. The van der Waals surface area contributed by atoms with Gasteiger partial charge in [-0.2, -0.15) is 0 Å². The van der Waals surface area contributed by atoms with Gasteiger partial charge in [-0.1, -0.05) is 0 Å². The summed E-state index contributed by atoms with van der Waals surface area (Å²) in [6.45, 7) is 2.49. The number of nitrogens with zero attached hydrogens (tertiary/aromatic N) is 2. The number of nitrogens with one attached hydrogen (secondary N) is 1. The molecule has 0 aliphatic rings. The summed E-state index contributed by atoms with van der Waals surface area (Å²) >= 11 is 1.58. The van der Waals surface area contributed by atoms with Crippen LogP contribution in [0.25, 0.3) is 0 Å². The van der Waals surface area contributed by atoms with Crippen molar-refractivity contribution in [1.29, 1.82) is 0 Å². The molecule has 2 aromatic heterocycles.